The second-order valence-electron chi connectivity index (χ2n) is 6.70. The predicted molar refractivity (Wildman–Crippen MR) is 103 cm³/mol. The fraction of sp³-hybridized carbons (Fsp3) is 0.300. The summed E-state index contributed by atoms with van der Waals surface area (Å²) in [6, 6.07) is 7.57. The summed E-state index contributed by atoms with van der Waals surface area (Å²) in [5.41, 5.74) is 1.17. The van der Waals surface area contributed by atoms with Crippen molar-refractivity contribution < 1.29 is 18.4 Å². The normalized spacial score (nSPS) is 16.8. The summed E-state index contributed by atoms with van der Waals surface area (Å²) >= 11 is 5.79. The van der Waals surface area contributed by atoms with Crippen LogP contribution in [-0.4, -0.2) is 45.1 Å². The molecule has 1 amide bonds. The molecule has 0 aliphatic carbocycles. The molecule has 1 fully saturated rings. The summed E-state index contributed by atoms with van der Waals surface area (Å²) in [5.74, 6) is 0.0944. The van der Waals surface area contributed by atoms with Crippen molar-refractivity contribution in [2.24, 2.45) is 0 Å². The Labute approximate surface area is 171 Å². The molecule has 0 spiro atoms. The maximum absolute atomic E-state index is 13.3. The second-order valence-corrected chi connectivity index (χ2v) is 7.11. The number of benzene rings is 1. The van der Waals surface area contributed by atoms with Gasteiger partial charge in [0.1, 0.15) is 12.4 Å². The molecule has 2 aromatic heterocycles. The lowest BCUT2D eigenvalue weighted by molar-refractivity contribution is -0.0153. The van der Waals surface area contributed by atoms with Gasteiger partial charge in [0.2, 0.25) is 5.82 Å². The van der Waals surface area contributed by atoms with E-state index < -0.39 is 5.82 Å². The van der Waals surface area contributed by atoms with E-state index in [9.17, 15) is 9.18 Å². The average molecular weight is 417 g/mol. The number of carbonyl (C=O) groups is 1. The fourth-order valence-corrected chi connectivity index (χ4v) is 3.37. The Bertz CT molecular complexity index is 998. The Kier molecular flexibility index (Phi) is 5.82. The van der Waals surface area contributed by atoms with Crippen molar-refractivity contribution in [1.29, 1.82) is 0 Å². The van der Waals surface area contributed by atoms with Crippen molar-refractivity contribution >= 4 is 17.5 Å². The zero-order valence-electron chi connectivity index (χ0n) is 15.4. The Balaban J connectivity index is 1.35. The van der Waals surface area contributed by atoms with Crippen LogP contribution in [0, 0.1) is 5.82 Å². The quantitative estimate of drug-likeness (QED) is 0.630. The zero-order valence-corrected chi connectivity index (χ0v) is 16.2. The number of nitrogens with zero attached hydrogens (tertiary/aromatic N) is 4. The largest absolute Gasteiger partial charge is 0.367 e. The van der Waals surface area contributed by atoms with Crippen LogP contribution in [0.2, 0.25) is 5.02 Å². The topological polar surface area (TPSA) is 81.4 Å². The van der Waals surface area contributed by atoms with Crippen LogP contribution in [0.25, 0.3) is 11.4 Å². The molecule has 7 nitrogen and oxygen atoms in total. The molecule has 9 heteroatoms. The second kappa shape index (κ2) is 8.67. The number of pyridine rings is 1. The first-order chi connectivity index (χ1) is 14.1. The van der Waals surface area contributed by atoms with Crippen LogP contribution in [0.15, 0.2) is 47.2 Å². The van der Waals surface area contributed by atoms with Crippen LogP contribution < -0.4 is 0 Å². The van der Waals surface area contributed by atoms with Gasteiger partial charge >= 0.3 is 0 Å². The number of rotatable bonds is 5. The first kappa shape index (κ1) is 19.5. The number of piperidine rings is 1. The van der Waals surface area contributed by atoms with Crippen molar-refractivity contribution in [3.05, 3.63) is 65.0 Å². The molecular formula is C20H18ClFN4O3. The molecule has 0 saturated carbocycles. The van der Waals surface area contributed by atoms with Gasteiger partial charge in [0.25, 0.3) is 11.8 Å². The first-order valence-electron chi connectivity index (χ1n) is 9.19. The standard InChI is InChI=1S/C20H18ClFN4O3/c21-16-10-14(3-4-17(16)22)20(27)26-9-1-2-15(11-26)28-12-18-24-19(25-29-18)13-5-7-23-8-6-13/h3-8,10,15H,1-2,9,11-12H2. The smallest absolute Gasteiger partial charge is 0.253 e. The van der Waals surface area contributed by atoms with Crippen LogP contribution in [0.3, 0.4) is 0 Å². The first-order valence-corrected chi connectivity index (χ1v) is 9.57. The molecule has 1 aromatic carbocycles. The van der Waals surface area contributed by atoms with Crippen LogP contribution in [-0.2, 0) is 11.3 Å². The van der Waals surface area contributed by atoms with Gasteiger partial charge in [0.05, 0.1) is 11.1 Å². The summed E-state index contributed by atoms with van der Waals surface area (Å²) < 4.78 is 24.5. The zero-order chi connectivity index (χ0) is 20.2. The summed E-state index contributed by atoms with van der Waals surface area (Å²) in [6.07, 6.45) is 4.78. The van der Waals surface area contributed by atoms with E-state index in [0.29, 0.717) is 30.4 Å². The lowest BCUT2D eigenvalue weighted by Crippen LogP contribution is -2.43. The summed E-state index contributed by atoms with van der Waals surface area (Å²) in [7, 11) is 0. The van der Waals surface area contributed by atoms with E-state index >= 15 is 0 Å². The Morgan fingerprint density at radius 2 is 2.14 bits per heavy atom. The van der Waals surface area contributed by atoms with Crippen molar-refractivity contribution in [2.45, 2.75) is 25.6 Å². The molecule has 0 N–H and O–H groups in total. The third-order valence-electron chi connectivity index (χ3n) is 4.68. The van der Waals surface area contributed by atoms with Gasteiger partial charge in [-0.15, -0.1) is 0 Å². The molecule has 150 valence electrons. The highest BCUT2D eigenvalue weighted by Gasteiger charge is 2.26. The molecule has 3 heterocycles. The van der Waals surface area contributed by atoms with E-state index in [2.05, 4.69) is 15.1 Å². The van der Waals surface area contributed by atoms with E-state index in [1.165, 1.54) is 18.2 Å². The average Bonchev–Trinajstić information content (AvgIpc) is 3.24. The van der Waals surface area contributed by atoms with E-state index in [0.717, 1.165) is 18.4 Å². The van der Waals surface area contributed by atoms with Crippen LogP contribution >= 0.6 is 11.6 Å². The molecule has 1 saturated heterocycles. The highest BCUT2D eigenvalue weighted by atomic mass is 35.5. The van der Waals surface area contributed by atoms with Gasteiger partial charge in [-0.2, -0.15) is 4.98 Å². The molecule has 0 bridgehead atoms. The predicted octanol–water partition coefficient (Wildman–Crippen LogP) is 3.75. The molecular weight excluding hydrogens is 399 g/mol. The molecule has 0 radical (unpaired) electrons. The number of halogens is 2. The van der Waals surface area contributed by atoms with Gasteiger partial charge in [-0.25, -0.2) is 4.39 Å². The van der Waals surface area contributed by atoms with Gasteiger partial charge in [-0.05, 0) is 43.2 Å². The molecule has 1 unspecified atom stereocenters. The van der Waals surface area contributed by atoms with E-state index in [1.807, 2.05) is 0 Å². The van der Waals surface area contributed by atoms with Gasteiger partial charge in [-0.3, -0.25) is 9.78 Å². The van der Waals surface area contributed by atoms with Crippen molar-refractivity contribution in [1.82, 2.24) is 20.0 Å². The van der Waals surface area contributed by atoms with Gasteiger partial charge in [0, 0.05) is 36.6 Å². The number of amides is 1. The van der Waals surface area contributed by atoms with Gasteiger partial charge in [0.15, 0.2) is 0 Å². The Morgan fingerprint density at radius 1 is 1.31 bits per heavy atom. The fourth-order valence-electron chi connectivity index (χ4n) is 3.19. The lowest BCUT2D eigenvalue weighted by Gasteiger charge is -2.32. The maximum Gasteiger partial charge on any atom is 0.253 e. The summed E-state index contributed by atoms with van der Waals surface area (Å²) in [4.78, 5) is 22.7. The van der Waals surface area contributed by atoms with E-state index in [1.54, 1.807) is 29.4 Å². The Hall–Kier alpha value is -2.84. The number of hydrogen-bond acceptors (Lipinski definition) is 6. The molecule has 29 heavy (non-hydrogen) atoms. The number of ether oxygens (including phenoxy) is 1. The molecule has 4 rings (SSSR count). The molecule has 1 aliphatic heterocycles. The minimum atomic E-state index is -0.547. The highest BCUT2D eigenvalue weighted by molar-refractivity contribution is 6.31. The van der Waals surface area contributed by atoms with Crippen molar-refractivity contribution in [2.75, 3.05) is 13.1 Å². The van der Waals surface area contributed by atoms with Crippen LogP contribution in [0.5, 0.6) is 0 Å². The van der Waals surface area contributed by atoms with Gasteiger partial charge < -0.3 is 14.2 Å². The van der Waals surface area contributed by atoms with Crippen LogP contribution in [0.4, 0.5) is 4.39 Å². The minimum absolute atomic E-state index is 0.0675. The van der Waals surface area contributed by atoms with Crippen LogP contribution in [0.1, 0.15) is 29.1 Å². The third kappa shape index (κ3) is 4.60. The molecule has 1 aliphatic rings. The third-order valence-corrected chi connectivity index (χ3v) is 4.97. The number of likely N-dealkylation sites (tertiary alicyclic amines) is 1. The maximum atomic E-state index is 13.3. The highest BCUT2D eigenvalue weighted by Crippen LogP contribution is 2.21. The molecule has 3 aromatic rings. The van der Waals surface area contributed by atoms with Crippen molar-refractivity contribution in [3.63, 3.8) is 0 Å². The summed E-state index contributed by atoms with van der Waals surface area (Å²) in [5, 5.41) is 3.88. The molecule has 1 atom stereocenters. The number of carbonyl (C=O) groups excluding carboxylic acids is 1. The Morgan fingerprint density at radius 3 is 2.93 bits per heavy atom. The summed E-state index contributed by atoms with van der Waals surface area (Å²) in [6.45, 7) is 1.20. The van der Waals surface area contributed by atoms with Crippen molar-refractivity contribution in [3.8, 4) is 11.4 Å². The lowest BCUT2D eigenvalue weighted by atomic mass is 10.1. The number of hydrogen-bond donors (Lipinski definition) is 0. The SMILES string of the molecule is O=C(c1ccc(F)c(Cl)c1)N1CCCC(OCc2nc(-c3ccncc3)no2)C1. The number of aromatic nitrogens is 3. The minimum Gasteiger partial charge on any atom is -0.367 e. The van der Waals surface area contributed by atoms with E-state index in [4.69, 9.17) is 20.9 Å². The van der Waals surface area contributed by atoms with E-state index in [-0.39, 0.29) is 23.6 Å². The monoisotopic (exact) mass is 416 g/mol. The van der Waals surface area contributed by atoms with Gasteiger partial charge in [-0.1, -0.05) is 16.8 Å².